The Hall–Kier alpha value is 0.530. The number of rotatable bonds is 3. The topological polar surface area (TPSA) is 72.0 Å². The van der Waals surface area contributed by atoms with Gasteiger partial charge in [-0.25, -0.2) is 0 Å². The number of hydrogen-bond donors (Lipinski definition) is 2. The van der Waals surface area contributed by atoms with Gasteiger partial charge in [-0.1, -0.05) is 0 Å². The molecule has 0 rings (SSSR count). The molecule has 46 valence electrons. The summed E-state index contributed by atoms with van der Waals surface area (Å²) in [4.78, 5) is 7.97. The van der Waals surface area contributed by atoms with Crippen LogP contribution in [0.3, 0.4) is 0 Å². The molecule has 0 saturated carbocycles. The molecule has 0 aromatic carbocycles. The molecule has 0 bridgehead atoms. The molecule has 1 atom stereocenters. The predicted molar refractivity (Wildman–Crippen MR) is 16.6 cm³/mol. The van der Waals surface area contributed by atoms with Gasteiger partial charge in [0.15, 0.2) is 0 Å². The first-order valence-electron chi connectivity index (χ1n) is 1.39. The van der Waals surface area contributed by atoms with E-state index in [4.69, 9.17) is 3.95 Å². The fourth-order valence-electron chi connectivity index (χ4n) is 0.0837. The average Bonchev–Trinajstić information content (AvgIpc) is 1.68. The van der Waals surface area contributed by atoms with Crippen molar-refractivity contribution in [3.8, 4) is 0 Å². The van der Waals surface area contributed by atoms with Gasteiger partial charge in [0.25, 0.3) is 0 Å². The fourth-order valence-corrected chi connectivity index (χ4v) is 0.367. The van der Waals surface area contributed by atoms with Gasteiger partial charge in [-0.3, -0.25) is 0 Å². The van der Waals surface area contributed by atoms with Gasteiger partial charge in [0.1, 0.15) is 0 Å². The van der Waals surface area contributed by atoms with Crippen LogP contribution in [0.2, 0.25) is 0 Å². The number of nitrogens with two attached hydrogens (primary N) is 1. The first-order valence-corrected chi connectivity index (χ1v) is 3.71. The van der Waals surface area contributed by atoms with E-state index >= 15 is 0 Å². The van der Waals surface area contributed by atoms with E-state index in [-0.39, 0.29) is 0 Å². The molecule has 0 radical (unpaired) electrons. The van der Waals surface area contributed by atoms with Gasteiger partial charge in [-0.2, -0.15) is 0 Å². The second kappa shape index (κ2) is 4.68. The Morgan fingerprint density at radius 3 is 2.57 bits per heavy atom. The van der Waals surface area contributed by atoms with Gasteiger partial charge in [-0.15, -0.1) is 0 Å². The van der Waals surface area contributed by atoms with Crippen molar-refractivity contribution < 1.29 is 35.1 Å². The molecule has 0 aliphatic rings. The Balaban J connectivity index is 2.83. The fraction of sp³-hybridized carbons (Fsp3) is 1.00. The molecule has 0 spiro atoms. The summed E-state index contributed by atoms with van der Waals surface area (Å²) in [5, 5.41) is 9.99. The Bertz CT molecular complexity index is 43.9. The summed E-state index contributed by atoms with van der Waals surface area (Å²) < 4.78 is 4.46. The third-order valence-electron chi connectivity index (χ3n) is 0.238. The van der Waals surface area contributed by atoms with E-state index in [0.717, 1.165) is 0 Å². The summed E-state index contributed by atoms with van der Waals surface area (Å²) in [7, 11) is 1.26. The summed E-state index contributed by atoms with van der Waals surface area (Å²) in [5.41, 5.74) is 0. The minimum atomic E-state index is -0.948. The minimum absolute atomic E-state index is 0.457. The second-order valence-corrected chi connectivity index (χ2v) is 2.10. The number of nitrogens with one attached hydrogen (secondary N) is 1. The zero-order valence-corrected chi connectivity index (χ0v) is 5.84. The SMILES string of the molecule is COO[NH+]([O-])[I-]N. The molecule has 6 heteroatoms. The van der Waals surface area contributed by atoms with Crippen LogP contribution in [-0.2, 0) is 9.88 Å². The Morgan fingerprint density at radius 1 is 1.86 bits per heavy atom. The van der Waals surface area contributed by atoms with Gasteiger partial charge in [-0.05, 0) is 0 Å². The molecule has 0 aromatic rings. The molecular weight excluding hydrogens is 215 g/mol. The van der Waals surface area contributed by atoms with E-state index < -0.39 is 25.2 Å². The third-order valence-corrected chi connectivity index (χ3v) is 0.926. The van der Waals surface area contributed by atoms with Crippen molar-refractivity contribution in [2.24, 2.45) is 3.95 Å². The van der Waals surface area contributed by atoms with Crippen molar-refractivity contribution in [1.82, 2.24) is 0 Å². The number of halogens is 1. The molecule has 0 fully saturated rings. The van der Waals surface area contributed by atoms with Gasteiger partial charge >= 0.3 is 51.3 Å². The van der Waals surface area contributed by atoms with Crippen LogP contribution < -0.4 is 29.1 Å². The normalized spacial score (nSPS) is 14.7. The summed E-state index contributed by atoms with van der Waals surface area (Å²) in [6.07, 6.45) is 0. The van der Waals surface area contributed by atoms with Crippen LogP contribution >= 0.6 is 0 Å². The maximum atomic E-state index is 9.99. The van der Waals surface area contributed by atoms with Gasteiger partial charge in [0.05, 0.1) is 0 Å². The van der Waals surface area contributed by atoms with E-state index in [2.05, 4.69) is 9.88 Å². The quantitative estimate of drug-likeness (QED) is 0.216. The van der Waals surface area contributed by atoms with E-state index in [1.807, 2.05) is 0 Å². The molecule has 0 aromatic heterocycles. The Kier molecular flexibility index (Phi) is 5.04. The Morgan fingerprint density at radius 2 is 2.43 bits per heavy atom. The van der Waals surface area contributed by atoms with Crippen LogP contribution in [-0.4, -0.2) is 7.11 Å². The van der Waals surface area contributed by atoms with Crippen molar-refractivity contribution in [3.63, 3.8) is 0 Å². The predicted octanol–water partition coefficient (Wildman–Crippen LogP) is -5.26. The van der Waals surface area contributed by atoms with Crippen molar-refractivity contribution in [1.29, 1.82) is 0 Å². The standard InChI is InChI=1S/CH6IN2O3/c1-6-7-4(5)2-3/h4H,3H2,1H3/q-1. The van der Waals surface area contributed by atoms with Crippen molar-refractivity contribution in [2.45, 2.75) is 0 Å². The molecule has 0 saturated heterocycles. The van der Waals surface area contributed by atoms with Crippen molar-refractivity contribution >= 4 is 0 Å². The molecule has 0 amide bonds. The van der Waals surface area contributed by atoms with E-state index in [1.165, 1.54) is 7.11 Å². The summed E-state index contributed by atoms with van der Waals surface area (Å²) in [6.45, 7) is 0. The van der Waals surface area contributed by atoms with E-state index in [9.17, 15) is 5.21 Å². The number of quaternary nitrogens is 1. The molecule has 0 aliphatic heterocycles. The van der Waals surface area contributed by atoms with Crippen molar-refractivity contribution in [2.75, 3.05) is 7.11 Å². The molecule has 0 aliphatic carbocycles. The third kappa shape index (κ3) is 4.38. The molecular formula is CH6IN2O3-. The average molecular weight is 221 g/mol. The molecule has 5 nitrogen and oxygen atoms in total. The van der Waals surface area contributed by atoms with E-state index in [1.54, 1.807) is 0 Å². The second-order valence-electron chi connectivity index (χ2n) is 0.597. The summed E-state index contributed by atoms with van der Waals surface area (Å²) in [5.74, 6) is 0. The first-order chi connectivity index (χ1) is 3.31. The van der Waals surface area contributed by atoms with Crippen LogP contribution in [0.15, 0.2) is 0 Å². The van der Waals surface area contributed by atoms with Crippen LogP contribution in [0.4, 0.5) is 0 Å². The van der Waals surface area contributed by atoms with Crippen LogP contribution in [0.5, 0.6) is 0 Å². The summed E-state index contributed by atoms with van der Waals surface area (Å²) in [6, 6.07) is 0. The molecule has 7 heavy (non-hydrogen) atoms. The van der Waals surface area contributed by atoms with Crippen LogP contribution in [0.1, 0.15) is 0 Å². The summed E-state index contributed by atoms with van der Waals surface area (Å²) >= 11 is -0.948. The molecule has 1 unspecified atom stereocenters. The number of hydrogen-bond acceptors (Lipinski definition) is 4. The first kappa shape index (κ1) is 7.53. The zero-order valence-electron chi connectivity index (χ0n) is 3.68. The van der Waals surface area contributed by atoms with Gasteiger partial charge in [0.2, 0.25) is 0 Å². The van der Waals surface area contributed by atoms with Crippen LogP contribution in [0.25, 0.3) is 0 Å². The van der Waals surface area contributed by atoms with Gasteiger partial charge in [0, 0.05) is 0 Å². The van der Waals surface area contributed by atoms with Gasteiger partial charge < -0.3 is 0 Å². The monoisotopic (exact) mass is 221 g/mol. The maximum absolute atomic E-state index is 9.99. The van der Waals surface area contributed by atoms with Crippen molar-refractivity contribution in [3.05, 3.63) is 5.21 Å². The van der Waals surface area contributed by atoms with E-state index in [0.29, 0.717) is 0 Å². The van der Waals surface area contributed by atoms with Crippen LogP contribution in [0, 0.1) is 5.21 Å². The Labute approximate surface area is 51.8 Å². The molecule has 0 heterocycles. The zero-order chi connectivity index (χ0) is 5.70. The molecule has 3 N–H and O–H groups in total.